The number of carbonyl (C=O) groups excluding carboxylic acids is 2. The Bertz CT molecular complexity index is 1560. The molecule has 1 fully saturated rings. The Balaban J connectivity index is 1.27. The van der Waals surface area contributed by atoms with Crippen molar-refractivity contribution in [3.8, 4) is 16.8 Å². The van der Waals surface area contributed by atoms with Gasteiger partial charge in [0.05, 0.1) is 5.69 Å². The fourth-order valence-corrected chi connectivity index (χ4v) is 5.77. The highest BCUT2D eigenvalue weighted by molar-refractivity contribution is 5.83. The molecule has 8 heteroatoms. The quantitative estimate of drug-likeness (QED) is 0.346. The third-order valence-electron chi connectivity index (χ3n) is 7.93. The fraction of sp³-hybridized carbons (Fsp3) is 0.333. The van der Waals surface area contributed by atoms with Gasteiger partial charge in [-0.2, -0.15) is 5.10 Å². The normalized spacial score (nSPS) is 18.0. The number of benzene rings is 3. The Kier molecular flexibility index (Phi) is 7.07. The molecule has 0 saturated heterocycles. The highest BCUT2D eigenvalue weighted by Gasteiger charge is 2.43. The number of amides is 3. The second kappa shape index (κ2) is 10.8. The Labute approximate surface area is 240 Å². The van der Waals surface area contributed by atoms with Crippen molar-refractivity contribution in [1.29, 1.82) is 0 Å². The van der Waals surface area contributed by atoms with Crippen LogP contribution in [0.4, 0.5) is 4.79 Å². The summed E-state index contributed by atoms with van der Waals surface area (Å²) in [6.45, 7) is 7.53. The van der Waals surface area contributed by atoms with Gasteiger partial charge in [-0.15, -0.1) is 0 Å². The lowest BCUT2D eigenvalue weighted by molar-refractivity contribution is -0.122. The molecule has 0 unspecified atom stereocenters. The van der Waals surface area contributed by atoms with Gasteiger partial charge < -0.3 is 15.5 Å². The van der Waals surface area contributed by atoms with Gasteiger partial charge in [0, 0.05) is 31.1 Å². The molecule has 0 spiro atoms. The maximum atomic E-state index is 13.1. The van der Waals surface area contributed by atoms with Crippen LogP contribution in [0.3, 0.4) is 0 Å². The van der Waals surface area contributed by atoms with E-state index in [1.807, 2.05) is 56.0 Å². The van der Waals surface area contributed by atoms with Crippen LogP contribution < -0.4 is 10.6 Å². The molecule has 0 radical (unpaired) electrons. The van der Waals surface area contributed by atoms with Crippen LogP contribution in [0.15, 0.2) is 79.4 Å². The number of hydrogen-bond donors (Lipinski definition) is 2. The van der Waals surface area contributed by atoms with Crippen LogP contribution in [-0.4, -0.2) is 43.7 Å². The lowest BCUT2D eigenvalue weighted by Crippen LogP contribution is -2.50. The number of urea groups is 1. The van der Waals surface area contributed by atoms with Gasteiger partial charge in [0.15, 0.2) is 0 Å². The molecule has 3 aromatic carbocycles. The van der Waals surface area contributed by atoms with E-state index in [0.717, 1.165) is 40.8 Å². The molecule has 4 aromatic rings. The summed E-state index contributed by atoms with van der Waals surface area (Å²) in [6, 6.07) is 22.7. The van der Waals surface area contributed by atoms with Crippen LogP contribution in [0.1, 0.15) is 55.4 Å². The first-order valence-electron chi connectivity index (χ1n) is 14.3. The van der Waals surface area contributed by atoms with Crippen molar-refractivity contribution in [2.75, 3.05) is 6.54 Å². The summed E-state index contributed by atoms with van der Waals surface area (Å²) in [5.41, 5.74) is 7.44. The summed E-state index contributed by atoms with van der Waals surface area (Å²) >= 11 is 0. The molecule has 8 nitrogen and oxygen atoms in total. The molecule has 2 aliphatic rings. The van der Waals surface area contributed by atoms with Crippen LogP contribution >= 0.6 is 0 Å². The molecular weight excluding hydrogens is 512 g/mol. The fourth-order valence-electron chi connectivity index (χ4n) is 5.77. The van der Waals surface area contributed by atoms with Crippen molar-refractivity contribution in [2.45, 2.75) is 58.2 Å². The highest BCUT2D eigenvalue weighted by Crippen LogP contribution is 2.47. The maximum absolute atomic E-state index is 13.1. The Morgan fingerprint density at radius 2 is 1.83 bits per heavy atom. The smallest absolute Gasteiger partial charge is 0.318 e. The van der Waals surface area contributed by atoms with E-state index in [9.17, 15) is 9.59 Å². The zero-order valence-corrected chi connectivity index (χ0v) is 23.8. The third-order valence-corrected chi connectivity index (χ3v) is 7.93. The average molecular weight is 549 g/mol. The Hall–Kier alpha value is -4.46. The van der Waals surface area contributed by atoms with Crippen LogP contribution in [0.25, 0.3) is 16.8 Å². The van der Waals surface area contributed by atoms with E-state index < -0.39 is 0 Å². The lowest BCUT2D eigenvalue weighted by Gasteiger charge is -2.34. The molecule has 2 N–H and O–H groups in total. The molecule has 210 valence electrons. The van der Waals surface area contributed by atoms with Crippen LogP contribution in [-0.2, 0) is 24.3 Å². The molecule has 1 aromatic heterocycles. The summed E-state index contributed by atoms with van der Waals surface area (Å²) in [4.78, 5) is 32.2. The highest BCUT2D eigenvalue weighted by atomic mass is 16.2. The van der Waals surface area contributed by atoms with E-state index in [4.69, 9.17) is 0 Å². The molecule has 1 saturated carbocycles. The number of nitrogens with one attached hydrogen (secondary N) is 2. The largest absolute Gasteiger partial charge is 0.352 e. The van der Waals surface area contributed by atoms with E-state index >= 15 is 0 Å². The molecule has 2 atom stereocenters. The van der Waals surface area contributed by atoms with Gasteiger partial charge in [0.1, 0.15) is 12.7 Å². The molecule has 1 aliphatic heterocycles. The zero-order chi connectivity index (χ0) is 28.6. The number of aromatic nitrogens is 3. The van der Waals surface area contributed by atoms with Gasteiger partial charge in [-0.25, -0.2) is 14.5 Å². The second-order valence-electron chi connectivity index (χ2n) is 12.0. The van der Waals surface area contributed by atoms with Crippen molar-refractivity contribution in [1.82, 2.24) is 30.3 Å². The molecule has 41 heavy (non-hydrogen) atoms. The van der Waals surface area contributed by atoms with E-state index in [1.54, 1.807) is 11.0 Å². The SMILES string of the molecule is CC(C)(C)NC(=O)N1CCc2c(-c3cccc(-n4cncn4)c3)ccc(CNC(=O)[C@@H]3C[C@H]3c3ccccc3)c2C1. The number of rotatable bonds is 6. The zero-order valence-electron chi connectivity index (χ0n) is 23.8. The summed E-state index contributed by atoms with van der Waals surface area (Å²) < 4.78 is 1.75. The molecule has 3 amide bonds. The number of carbonyl (C=O) groups is 2. The van der Waals surface area contributed by atoms with Crippen molar-refractivity contribution in [3.63, 3.8) is 0 Å². The predicted molar refractivity (Wildman–Crippen MR) is 158 cm³/mol. The van der Waals surface area contributed by atoms with Crippen molar-refractivity contribution >= 4 is 11.9 Å². The molecule has 0 bridgehead atoms. The van der Waals surface area contributed by atoms with Crippen LogP contribution in [0.2, 0.25) is 0 Å². The minimum absolute atomic E-state index is 0.0149. The molecule has 1 aliphatic carbocycles. The first kappa shape index (κ1) is 26.7. The van der Waals surface area contributed by atoms with Crippen LogP contribution in [0.5, 0.6) is 0 Å². The summed E-state index contributed by atoms with van der Waals surface area (Å²) in [6.07, 6.45) is 4.83. The van der Waals surface area contributed by atoms with Gasteiger partial charge >= 0.3 is 6.03 Å². The van der Waals surface area contributed by atoms with Crippen molar-refractivity contribution in [3.05, 3.63) is 102 Å². The minimum Gasteiger partial charge on any atom is -0.352 e. The monoisotopic (exact) mass is 548 g/mol. The van der Waals surface area contributed by atoms with Gasteiger partial charge in [0.25, 0.3) is 0 Å². The third kappa shape index (κ3) is 5.87. The average Bonchev–Trinajstić information content (AvgIpc) is 3.59. The predicted octanol–water partition coefficient (Wildman–Crippen LogP) is 5.22. The summed E-state index contributed by atoms with van der Waals surface area (Å²) in [5.74, 6) is 0.401. The maximum Gasteiger partial charge on any atom is 0.318 e. The Morgan fingerprint density at radius 3 is 2.59 bits per heavy atom. The lowest BCUT2D eigenvalue weighted by atomic mass is 9.87. The topological polar surface area (TPSA) is 92.2 Å². The van der Waals surface area contributed by atoms with E-state index in [-0.39, 0.29) is 23.4 Å². The number of nitrogens with zero attached hydrogens (tertiary/aromatic N) is 4. The van der Waals surface area contributed by atoms with Crippen molar-refractivity contribution < 1.29 is 9.59 Å². The molecule has 6 rings (SSSR count). The summed E-state index contributed by atoms with van der Waals surface area (Å²) in [7, 11) is 0. The number of fused-ring (bicyclic) bond motifs is 1. The standard InChI is InChI=1S/C33H36N6O2/c1-33(2,3)37-32(41)38-15-14-27-26(23-10-7-11-25(16-23)39-21-34-20-36-39)13-12-24(30(27)19-38)18-35-31(40)29-17-28(29)22-8-5-4-6-9-22/h4-13,16,20-21,28-29H,14-15,17-19H2,1-3H3,(H,35,40)(H,37,41)/t28-,29+/m0/s1. The van der Waals surface area contributed by atoms with Crippen molar-refractivity contribution in [2.24, 2.45) is 5.92 Å². The molecular formula is C33H36N6O2. The number of hydrogen-bond acceptors (Lipinski definition) is 4. The first-order chi connectivity index (χ1) is 19.8. The Morgan fingerprint density at radius 1 is 1.00 bits per heavy atom. The van der Waals surface area contributed by atoms with Gasteiger partial charge in [-0.3, -0.25) is 4.79 Å². The van der Waals surface area contributed by atoms with Gasteiger partial charge in [-0.05, 0) is 85.0 Å². The molecule has 2 heterocycles. The van der Waals surface area contributed by atoms with Gasteiger partial charge in [0.2, 0.25) is 5.91 Å². The van der Waals surface area contributed by atoms with E-state index in [0.29, 0.717) is 25.6 Å². The minimum atomic E-state index is -0.322. The van der Waals surface area contributed by atoms with Gasteiger partial charge in [-0.1, -0.05) is 54.6 Å². The van der Waals surface area contributed by atoms with E-state index in [2.05, 4.69) is 57.1 Å². The van der Waals surface area contributed by atoms with E-state index in [1.165, 1.54) is 17.5 Å². The second-order valence-corrected chi connectivity index (χ2v) is 12.0. The van der Waals surface area contributed by atoms with Crippen LogP contribution in [0, 0.1) is 5.92 Å². The first-order valence-corrected chi connectivity index (χ1v) is 14.3. The summed E-state index contributed by atoms with van der Waals surface area (Å²) in [5, 5.41) is 10.6.